The molecular formula is C20H27N5O7. The Hall–Kier alpha value is -3.80. The summed E-state index contributed by atoms with van der Waals surface area (Å²) in [7, 11) is 0. The molecule has 3 atom stereocenters. The third-order valence-electron chi connectivity index (χ3n) is 4.15. The van der Waals surface area contributed by atoms with Crippen LogP contribution in [0.3, 0.4) is 0 Å². The second kappa shape index (κ2) is 13.5. The van der Waals surface area contributed by atoms with Gasteiger partial charge >= 0.3 is 0 Å². The molecule has 0 saturated heterocycles. The first-order valence-electron chi connectivity index (χ1n) is 9.63. The standard InChI is InChI=1S/C16H19N5O3.2C2H4O2/c22-14-5-11(15(23)19-7-10-2-1-3-17-6-10)4-12(14)21-16(24)13-8-18-9-20-13;2*1-2(3)4/h1-3,6,8-9,11-12,14,22H,4-5,7H2,(H,18,20)(H,19,23)(H,21,24);2*1H3,(H,3,4)/t11-,12+,14+;;/m0../s1. The molecular weight excluding hydrogens is 422 g/mol. The van der Waals surface area contributed by atoms with Gasteiger partial charge in [-0.2, -0.15) is 0 Å². The number of carbonyl (C=O) groups excluding carboxylic acids is 2. The van der Waals surface area contributed by atoms with E-state index in [2.05, 4.69) is 25.6 Å². The topological polar surface area (TPSA) is 195 Å². The van der Waals surface area contributed by atoms with Crippen LogP contribution in [0.2, 0.25) is 0 Å². The van der Waals surface area contributed by atoms with Gasteiger partial charge in [0.1, 0.15) is 5.69 Å². The summed E-state index contributed by atoms with van der Waals surface area (Å²) < 4.78 is 0. The molecule has 0 bridgehead atoms. The second-order valence-corrected chi connectivity index (χ2v) is 6.90. The number of carbonyl (C=O) groups is 4. The summed E-state index contributed by atoms with van der Waals surface area (Å²) in [4.78, 5) is 52.7. The highest BCUT2D eigenvalue weighted by atomic mass is 16.4. The summed E-state index contributed by atoms with van der Waals surface area (Å²) in [6.07, 6.45) is 6.17. The minimum Gasteiger partial charge on any atom is -0.481 e. The van der Waals surface area contributed by atoms with Crippen molar-refractivity contribution in [1.82, 2.24) is 25.6 Å². The fraction of sp³-hybridized carbons (Fsp3) is 0.400. The molecule has 2 aromatic rings. The van der Waals surface area contributed by atoms with Gasteiger partial charge < -0.3 is 30.9 Å². The molecule has 3 rings (SSSR count). The Bertz CT molecular complexity index is 854. The lowest BCUT2D eigenvalue weighted by Gasteiger charge is -2.15. The number of rotatable bonds is 5. The number of carboxylic acid groups (broad SMARTS) is 2. The lowest BCUT2D eigenvalue weighted by Crippen LogP contribution is -2.40. The average molecular weight is 449 g/mol. The van der Waals surface area contributed by atoms with E-state index in [1.165, 1.54) is 12.5 Å². The largest absolute Gasteiger partial charge is 0.481 e. The summed E-state index contributed by atoms with van der Waals surface area (Å²) >= 11 is 0. The lowest BCUT2D eigenvalue weighted by atomic mass is 10.1. The van der Waals surface area contributed by atoms with Crippen molar-refractivity contribution in [3.8, 4) is 0 Å². The zero-order chi connectivity index (χ0) is 24.1. The summed E-state index contributed by atoms with van der Waals surface area (Å²) in [6.45, 7) is 2.56. The molecule has 6 N–H and O–H groups in total. The molecule has 2 heterocycles. The molecule has 0 radical (unpaired) electrons. The van der Waals surface area contributed by atoms with Crippen molar-refractivity contribution in [2.45, 2.75) is 45.4 Å². The minimum atomic E-state index is -0.833. The van der Waals surface area contributed by atoms with E-state index in [0.717, 1.165) is 19.4 Å². The molecule has 1 aliphatic rings. The molecule has 2 aromatic heterocycles. The van der Waals surface area contributed by atoms with E-state index in [0.29, 0.717) is 25.1 Å². The van der Waals surface area contributed by atoms with Crippen molar-refractivity contribution in [1.29, 1.82) is 0 Å². The SMILES string of the molecule is CC(=O)O.CC(=O)O.O=C(N[C@@H]1C[C@H](C(=O)NCc2cccnc2)C[C@H]1O)c1cnc[nH]1. The Kier molecular flexibility index (Phi) is 11.1. The maximum Gasteiger partial charge on any atom is 0.300 e. The number of aromatic nitrogens is 3. The van der Waals surface area contributed by atoms with Crippen LogP contribution in [-0.4, -0.2) is 66.2 Å². The first-order valence-corrected chi connectivity index (χ1v) is 9.63. The van der Waals surface area contributed by atoms with Crippen molar-refractivity contribution in [3.63, 3.8) is 0 Å². The molecule has 1 fully saturated rings. The molecule has 174 valence electrons. The van der Waals surface area contributed by atoms with Gasteiger partial charge in [-0.05, 0) is 24.5 Å². The van der Waals surface area contributed by atoms with Gasteiger partial charge in [0, 0.05) is 38.7 Å². The van der Waals surface area contributed by atoms with E-state index in [-0.39, 0.29) is 17.7 Å². The number of hydrogen-bond acceptors (Lipinski definition) is 7. The Labute approximate surface area is 184 Å². The zero-order valence-corrected chi connectivity index (χ0v) is 17.7. The molecule has 12 nitrogen and oxygen atoms in total. The number of imidazole rings is 1. The van der Waals surface area contributed by atoms with Gasteiger partial charge in [0.25, 0.3) is 17.8 Å². The third kappa shape index (κ3) is 10.3. The highest BCUT2D eigenvalue weighted by Crippen LogP contribution is 2.26. The van der Waals surface area contributed by atoms with Crippen molar-refractivity contribution in [2.24, 2.45) is 5.92 Å². The van der Waals surface area contributed by atoms with Gasteiger partial charge in [-0.3, -0.25) is 24.2 Å². The molecule has 1 aliphatic carbocycles. The van der Waals surface area contributed by atoms with E-state index >= 15 is 0 Å². The van der Waals surface area contributed by atoms with E-state index in [4.69, 9.17) is 19.8 Å². The lowest BCUT2D eigenvalue weighted by molar-refractivity contribution is -0.135. The number of aromatic amines is 1. The van der Waals surface area contributed by atoms with Crippen LogP contribution in [0.25, 0.3) is 0 Å². The normalized spacial score (nSPS) is 18.8. The van der Waals surface area contributed by atoms with Crippen molar-refractivity contribution < 1.29 is 34.5 Å². The Balaban J connectivity index is 0.000000554. The van der Waals surface area contributed by atoms with Crippen LogP contribution in [0.5, 0.6) is 0 Å². The zero-order valence-electron chi connectivity index (χ0n) is 17.7. The predicted molar refractivity (Wildman–Crippen MR) is 111 cm³/mol. The number of amides is 2. The molecule has 2 amide bonds. The summed E-state index contributed by atoms with van der Waals surface area (Å²) in [5.41, 5.74) is 1.24. The van der Waals surface area contributed by atoms with Gasteiger partial charge in [-0.1, -0.05) is 6.07 Å². The van der Waals surface area contributed by atoms with Gasteiger partial charge in [0.05, 0.1) is 24.7 Å². The number of aliphatic carboxylic acids is 2. The van der Waals surface area contributed by atoms with Crippen LogP contribution < -0.4 is 10.6 Å². The highest BCUT2D eigenvalue weighted by Gasteiger charge is 2.37. The number of carboxylic acids is 2. The van der Waals surface area contributed by atoms with Gasteiger partial charge in [-0.25, -0.2) is 4.98 Å². The summed E-state index contributed by atoms with van der Waals surface area (Å²) in [5, 5.41) is 30.5. The fourth-order valence-corrected chi connectivity index (χ4v) is 2.85. The quantitative estimate of drug-likeness (QED) is 0.369. The van der Waals surface area contributed by atoms with Crippen LogP contribution in [0.4, 0.5) is 0 Å². The molecule has 0 aliphatic heterocycles. The van der Waals surface area contributed by atoms with Crippen LogP contribution in [0, 0.1) is 5.92 Å². The number of H-pyrrole nitrogens is 1. The van der Waals surface area contributed by atoms with Crippen LogP contribution in [0.1, 0.15) is 42.7 Å². The molecule has 12 heteroatoms. The Morgan fingerprint density at radius 1 is 1.09 bits per heavy atom. The van der Waals surface area contributed by atoms with E-state index in [1.54, 1.807) is 12.4 Å². The van der Waals surface area contributed by atoms with Crippen LogP contribution in [-0.2, 0) is 20.9 Å². The van der Waals surface area contributed by atoms with Gasteiger partial charge in [0.15, 0.2) is 0 Å². The number of aliphatic hydroxyl groups is 1. The monoisotopic (exact) mass is 449 g/mol. The maximum atomic E-state index is 12.3. The average Bonchev–Trinajstić information content (AvgIpc) is 3.37. The first kappa shape index (κ1) is 26.2. The molecule has 1 saturated carbocycles. The first-order chi connectivity index (χ1) is 15.1. The summed E-state index contributed by atoms with van der Waals surface area (Å²) in [6, 6.07) is 3.24. The smallest absolute Gasteiger partial charge is 0.300 e. The Morgan fingerprint density at radius 2 is 1.75 bits per heavy atom. The minimum absolute atomic E-state index is 0.129. The number of nitrogens with one attached hydrogen (secondary N) is 3. The third-order valence-corrected chi connectivity index (χ3v) is 4.15. The number of nitrogens with zero attached hydrogens (tertiary/aromatic N) is 2. The van der Waals surface area contributed by atoms with Gasteiger partial charge in [0.2, 0.25) is 5.91 Å². The van der Waals surface area contributed by atoms with Crippen molar-refractivity contribution >= 4 is 23.8 Å². The highest BCUT2D eigenvalue weighted by molar-refractivity contribution is 5.92. The second-order valence-electron chi connectivity index (χ2n) is 6.90. The summed E-state index contributed by atoms with van der Waals surface area (Å²) in [5.74, 6) is -2.46. The number of aliphatic hydroxyl groups excluding tert-OH is 1. The van der Waals surface area contributed by atoms with Crippen LogP contribution >= 0.6 is 0 Å². The number of hydrogen-bond donors (Lipinski definition) is 6. The molecule has 0 spiro atoms. The van der Waals surface area contributed by atoms with Crippen molar-refractivity contribution in [3.05, 3.63) is 48.3 Å². The number of pyridine rings is 1. The molecule has 0 aromatic carbocycles. The molecule has 32 heavy (non-hydrogen) atoms. The molecule has 0 unspecified atom stereocenters. The van der Waals surface area contributed by atoms with E-state index < -0.39 is 24.1 Å². The maximum absolute atomic E-state index is 12.3. The van der Waals surface area contributed by atoms with Crippen molar-refractivity contribution in [2.75, 3.05) is 0 Å². The fourth-order valence-electron chi connectivity index (χ4n) is 2.85. The predicted octanol–water partition coefficient (Wildman–Crippen LogP) is 0.172. The van der Waals surface area contributed by atoms with E-state index in [1.807, 2.05) is 12.1 Å². The Morgan fingerprint density at radius 3 is 2.28 bits per heavy atom. The van der Waals surface area contributed by atoms with Crippen LogP contribution in [0.15, 0.2) is 37.1 Å². The van der Waals surface area contributed by atoms with Gasteiger partial charge in [-0.15, -0.1) is 0 Å². The van der Waals surface area contributed by atoms with E-state index in [9.17, 15) is 14.7 Å².